The van der Waals surface area contributed by atoms with Gasteiger partial charge in [-0.05, 0) is 95.7 Å². The Morgan fingerprint density at radius 2 is 1.88 bits per heavy atom. The van der Waals surface area contributed by atoms with Crippen molar-refractivity contribution >= 4 is 28.7 Å². The molecule has 0 amide bonds. The number of rotatable bonds is 8. The highest BCUT2D eigenvalue weighted by Gasteiger charge is 2.37. The van der Waals surface area contributed by atoms with E-state index in [1.807, 2.05) is 0 Å². The highest BCUT2D eigenvalue weighted by Crippen LogP contribution is 2.44. The van der Waals surface area contributed by atoms with Crippen LogP contribution < -0.4 is 0 Å². The maximum absolute atomic E-state index is 15.5. The molecule has 0 unspecified atom stereocenters. The molecule has 4 nitrogen and oxygen atoms in total. The molecule has 3 aromatic rings. The van der Waals surface area contributed by atoms with Crippen LogP contribution in [0.15, 0.2) is 48.7 Å². The van der Waals surface area contributed by atoms with Crippen molar-refractivity contribution in [1.82, 2.24) is 9.88 Å². The molecule has 1 fully saturated rings. The zero-order valence-corrected chi connectivity index (χ0v) is 22.8. The molecule has 2 aromatic carbocycles. The molecule has 1 saturated heterocycles. The third-order valence-corrected chi connectivity index (χ3v) is 7.94. The number of carbonyl (C=O) groups is 1. The van der Waals surface area contributed by atoms with Gasteiger partial charge in [0.1, 0.15) is 5.82 Å². The van der Waals surface area contributed by atoms with Crippen molar-refractivity contribution in [2.24, 2.45) is 5.92 Å². The summed E-state index contributed by atoms with van der Waals surface area (Å²) in [6.07, 6.45) is -1.51. The normalized spacial score (nSPS) is 16.3. The number of alkyl halides is 4. The van der Waals surface area contributed by atoms with E-state index in [9.17, 15) is 27.5 Å². The van der Waals surface area contributed by atoms with Crippen molar-refractivity contribution in [3.8, 4) is 0 Å². The predicted octanol–water partition coefficient (Wildman–Crippen LogP) is 7.72. The maximum Gasteiger partial charge on any atom is 0.418 e. The summed E-state index contributed by atoms with van der Waals surface area (Å²) in [6, 6.07) is 10.1. The number of fused-ring (bicyclic) bond motifs is 1. The fourth-order valence-corrected chi connectivity index (χ4v) is 5.99. The van der Waals surface area contributed by atoms with Gasteiger partial charge in [-0.2, -0.15) is 13.2 Å². The fourth-order valence-electron chi connectivity index (χ4n) is 5.83. The van der Waals surface area contributed by atoms with E-state index < -0.39 is 23.5 Å². The first-order chi connectivity index (χ1) is 19.5. The molecule has 1 aromatic heterocycles. The first-order valence-corrected chi connectivity index (χ1v) is 13.8. The summed E-state index contributed by atoms with van der Waals surface area (Å²) in [6.45, 7) is 1.83. The van der Waals surface area contributed by atoms with Crippen LogP contribution in [0.1, 0.15) is 63.1 Å². The molecule has 1 aliphatic heterocycles. The quantitative estimate of drug-likeness (QED) is 0.273. The van der Waals surface area contributed by atoms with Gasteiger partial charge in [0.15, 0.2) is 0 Å². The van der Waals surface area contributed by atoms with Gasteiger partial charge in [-0.3, -0.25) is 9.37 Å². The van der Waals surface area contributed by atoms with Crippen molar-refractivity contribution in [2.45, 2.75) is 38.3 Å². The Balaban J connectivity index is 1.60. The minimum absolute atomic E-state index is 0.0646. The van der Waals surface area contributed by atoms with Crippen LogP contribution >= 0.6 is 11.6 Å². The van der Waals surface area contributed by atoms with Crippen LogP contribution in [0.5, 0.6) is 0 Å². The summed E-state index contributed by atoms with van der Waals surface area (Å²) >= 11 is 5.90. The number of carboxylic acid groups (broad SMARTS) is 1. The number of benzene rings is 2. The number of nitrogens with zero attached hydrogens (tertiary/aromatic N) is 2. The Morgan fingerprint density at radius 1 is 1.10 bits per heavy atom. The Labute approximate surface area is 239 Å². The molecule has 0 spiro atoms. The molecule has 0 atom stereocenters. The van der Waals surface area contributed by atoms with Gasteiger partial charge in [-0.25, -0.2) is 9.18 Å². The molecule has 0 radical (unpaired) electrons. The van der Waals surface area contributed by atoms with Gasteiger partial charge in [0.05, 0.1) is 28.5 Å². The Hall–Kier alpha value is -3.30. The largest absolute Gasteiger partial charge is 0.478 e. The molecule has 2 aliphatic rings. The number of pyridine rings is 1. The second kappa shape index (κ2) is 11.9. The third-order valence-electron chi connectivity index (χ3n) is 7.73. The van der Waals surface area contributed by atoms with Crippen LogP contribution in [0.25, 0.3) is 11.1 Å². The molecule has 10 heteroatoms. The zero-order chi connectivity index (χ0) is 29.3. The van der Waals surface area contributed by atoms with E-state index >= 15 is 4.39 Å². The summed E-state index contributed by atoms with van der Waals surface area (Å²) in [4.78, 5) is 17.9. The van der Waals surface area contributed by atoms with Crippen LogP contribution in [0.3, 0.4) is 0 Å². The average Bonchev–Trinajstić information content (AvgIpc) is 3.09. The summed E-state index contributed by atoms with van der Waals surface area (Å²) in [5.74, 6) is -1.34. The Bertz CT molecular complexity index is 1500. The van der Waals surface area contributed by atoms with Gasteiger partial charge < -0.3 is 10.0 Å². The van der Waals surface area contributed by atoms with E-state index in [2.05, 4.69) is 9.88 Å². The van der Waals surface area contributed by atoms with Crippen LogP contribution in [-0.2, 0) is 19.0 Å². The van der Waals surface area contributed by atoms with E-state index in [0.29, 0.717) is 65.6 Å². The topological polar surface area (TPSA) is 53.4 Å². The summed E-state index contributed by atoms with van der Waals surface area (Å²) in [5, 5.41) is 9.36. The SMILES string of the molecule is O=C(O)c1ccc2c(c1)CCCC(c1ncc(Cl)cc1C(F)(F)F)=C2c1ccc(CC2CN(CCCF)C2)c(F)c1. The number of aromatic carboxylic acids is 1. The molecule has 0 bridgehead atoms. The number of halogens is 6. The van der Waals surface area contributed by atoms with E-state index in [1.54, 1.807) is 18.2 Å². The second-order valence-corrected chi connectivity index (χ2v) is 11.0. The number of hydrogen-bond donors (Lipinski definition) is 1. The third kappa shape index (κ3) is 6.31. The van der Waals surface area contributed by atoms with Crippen molar-refractivity contribution in [3.63, 3.8) is 0 Å². The van der Waals surface area contributed by atoms with E-state index in [4.69, 9.17) is 11.6 Å². The Kier molecular flexibility index (Phi) is 8.47. The standard InChI is InChI=1S/C31H28ClF5N2O2/c32-23-14-26(31(35,36)37)29(38-15-23)25-4-1-3-19-12-22(30(40)41)7-8-24(19)28(25)21-6-5-20(27(34)13-21)11-18-16-39(17-18)10-2-9-33/h5-8,12-15,18H,1-4,9-11,16-17H2,(H,40,41). The average molecular weight is 591 g/mol. The molecule has 41 heavy (non-hydrogen) atoms. The van der Waals surface area contributed by atoms with Gasteiger partial charge in [0.25, 0.3) is 0 Å². The molecule has 1 aliphatic carbocycles. The number of allylic oxidation sites excluding steroid dienone is 1. The second-order valence-electron chi connectivity index (χ2n) is 10.6. The molecule has 1 N–H and O–H groups in total. The van der Waals surface area contributed by atoms with Gasteiger partial charge in [-0.1, -0.05) is 29.8 Å². The lowest BCUT2D eigenvalue weighted by Gasteiger charge is -2.39. The van der Waals surface area contributed by atoms with E-state index in [0.717, 1.165) is 25.4 Å². The highest BCUT2D eigenvalue weighted by atomic mass is 35.5. The van der Waals surface area contributed by atoms with Crippen molar-refractivity contribution in [3.05, 3.63) is 98.6 Å². The number of aromatic nitrogens is 1. The van der Waals surface area contributed by atoms with Crippen molar-refractivity contribution in [2.75, 3.05) is 26.3 Å². The number of likely N-dealkylation sites (tertiary alicyclic amines) is 1. The van der Waals surface area contributed by atoms with E-state index in [-0.39, 0.29) is 35.3 Å². The molecule has 216 valence electrons. The highest BCUT2D eigenvalue weighted by molar-refractivity contribution is 6.30. The maximum atomic E-state index is 15.5. The van der Waals surface area contributed by atoms with Gasteiger partial charge in [0.2, 0.25) is 0 Å². The first kappa shape index (κ1) is 29.2. The summed E-state index contributed by atoms with van der Waals surface area (Å²) < 4.78 is 70.5. The molecule has 0 saturated carbocycles. The fraction of sp³-hybridized carbons (Fsp3) is 0.355. The first-order valence-electron chi connectivity index (χ1n) is 13.4. The summed E-state index contributed by atoms with van der Waals surface area (Å²) in [5.41, 5.74) is 1.58. The van der Waals surface area contributed by atoms with Gasteiger partial charge in [-0.15, -0.1) is 0 Å². The number of carboxylic acids is 1. The van der Waals surface area contributed by atoms with Crippen molar-refractivity contribution < 1.29 is 31.9 Å². The molecule has 5 rings (SSSR count). The minimum atomic E-state index is -4.73. The molecular weight excluding hydrogens is 563 g/mol. The monoisotopic (exact) mass is 590 g/mol. The van der Waals surface area contributed by atoms with Crippen molar-refractivity contribution in [1.29, 1.82) is 0 Å². The van der Waals surface area contributed by atoms with Crippen LogP contribution in [0, 0.1) is 11.7 Å². The lowest BCUT2D eigenvalue weighted by Crippen LogP contribution is -2.48. The van der Waals surface area contributed by atoms with Crippen LogP contribution in [0.2, 0.25) is 5.02 Å². The number of hydrogen-bond acceptors (Lipinski definition) is 3. The van der Waals surface area contributed by atoms with Crippen LogP contribution in [0.4, 0.5) is 22.0 Å². The Morgan fingerprint density at radius 3 is 2.56 bits per heavy atom. The van der Waals surface area contributed by atoms with Gasteiger partial charge in [0, 0.05) is 25.8 Å². The van der Waals surface area contributed by atoms with E-state index in [1.165, 1.54) is 18.2 Å². The lowest BCUT2D eigenvalue weighted by molar-refractivity contribution is -0.138. The van der Waals surface area contributed by atoms with Gasteiger partial charge >= 0.3 is 12.1 Å². The predicted molar refractivity (Wildman–Crippen MR) is 147 cm³/mol. The minimum Gasteiger partial charge on any atom is -0.478 e. The molecular formula is C31H28ClF5N2O2. The number of aryl methyl sites for hydroxylation is 1. The lowest BCUT2D eigenvalue weighted by atomic mass is 9.86. The zero-order valence-electron chi connectivity index (χ0n) is 22.1. The van der Waals surface area contributed by atoms with Crippen LogP contribution in [-0.4, -0.2) is 47.3 Å². The summed E-state index contributed by atoms with van der Waals surface area (Å²) in [7, 11) is 0. The molecule has 2 heterocycles. The smallest absolute Gasteiger partial charge is 0.418 e.